The molecule has 32 heavy (non-hydrogen) atoms. The van der Waals surface area contributed by atoms with Crippen LogP contribution in [0.15, 0.2) is 54.6 Å². The van der Waals surface area contributed by atoms with Gasteiger partial charge in [0, 0.05) is 45.8 Å². The fourth-order valence-electron chi connectivity index (χ4n) is 3.97. The van der Waals surface area contributed by atoms with Crippen molar-refractivity contribution in [2.24, 2.45) is 0 Å². The highest BCUT2D eigenvalue weighted by Crippen LogP contribution is 2.15. The minimum atomic E-state index is 0.128. The van der Waals surface area contributed by atoms with Crippen molar-refractivity contribution >= 4 is 5.91 Å². The Morgan fingerprint density at radius 3 is 2.34 bits per heavy atom. The Kier molecular flexibility index (Phi) is 9.53. The molecule has 0 saturated carbocycles. The van der Waals surface area contributed by atoms with Crippen LogP contribution in [0.2, 0.25) is 0 Å². The third-order valence-electron chi connectivity index (χ3n) is 5.90. The molecule has 1 atom stereocenters. The van der Waals surface area contributed by atoms with Crippen molar-refractivity contribution in [2.75, 3.05) is 53.0 Å². The van der Waals surface area contributed by atoms with Crippen molar-refractivity contribution < 1.29 is 14.3 Å². The van der Waals surface area contributed by atoms with E-state index in [1.165, 1.54) is 5.56 Å². The Morgan fingerprint density at radius 2 is 1.69 bits per heavy atom. The topological polar surface area (TPSA) is 45.2 Å². The van der Waals surface area contributed by atoms with Crippen LogP contribution in [0.25, 0.3) is 0 Å². The monoisotopic (exact) mass is 439 g/mol. The van der Waals surface area contributed by atoms with Crippen LogP contribution < -0.4 is 4.74 Å². The van der Waals surface area contributed by atoms with Crippen molar-refractivity contribution in [2.45, 2.75) is 33.0 Å². The second-order valence-corrected chi connectivity index (χ2v) is 8.48. The maximum Gasteiger partial charge on any atom is 0.236 e. The molecule has 0 aliphatic carbocycles. The summed E-state index contributed by atoms with van der Waals surface area (Å²) in [6, 6.07) is 18.6. The van der Waals surface area contributed by atoms with E-state index in [1.54, 1.807) is 0 Å². The summed E-state index contributed by atoms with van der Waals surface area (Å²) in [6.45, 7) is 11.0. The van der Waals surface area contributed by atoms with Gasteiger partial charge in [-0.2, -0.15) is 0 Å². The Bertz CT molecular complexity index is 807. The molecule has 1 aliphatic heterocycles. The van der Waals surface area contributed by atoms with Gasteiger partial charge < -0.3 is 14.4 Å². The van der Waals surface area contributed by atoms with Crippen LogP contribution in [-0.2, 0) is 22.6 Å². The molecule has 1 heterocycles. The average molecular weight is 440 g/mol. The number of ether oxygens (including phenoxy) is 2. The Hall–Kier alpha value is -2.41. The van der Waals surface area contributed by atoms with Gasteiger partial charge in [0.15, 0.2) is 0 Å². The molecule has 0 spiro atoms. The number of benzene rings is 2. The second-order valence-electron chi connectivity index (χ2n) is 8.48. The highest BCUT2D eigenvalue weighted by Gasteiger charge is 2.23. The molecule has 6 nitrogen and oxygen atoms in total. The first-order valence-electron chi connectivity index (χ1n) is 11.6. The summed E-state index contributed by atoms with van der Waals surface area (Å²) in [5, 5.41) is 0. The predicted molar refractivity (Wildman–Crippen MR) is 128 cm³/mol. The SMILES string of the molecule is CCOc1ccc(CN(C)C(=O)CN(Cc2ccccc2)C(C)CN2CCOCC2)cc1. The summed E-state index contributed by atoms with van der Waals surface area (Å²) >= 11 is 0. The molecule has 2 aromatic rings. The van der Waals surface area contributed by atoms with Gasteiger partial charge >= 0.3 is 0 Å². The van der Waals surface area contributed by atoms with Crippen molar-refractivity contribution in [1.29, 1.82) is 0 Å². The van der Waals surface area contributed by atoms with Gasteiger partial charge in [0.2, 0.25) is 5.91 Å². The van der Waals surface area contributed by atoms with E-state index in [0.717, 1.165) is 50.7 Å². The number of hydrogen-bond donors (Lipinski definition) is 0. The lowest BCUT2D eigenvalue weighted by atomic mass is 10.1. The summed E-state index contributed by atoms with van der Waals surface area (Å²) in [7, 11) is 1.88. The largest absolute Gasteiger partial charge is 0.494 e. The molecule has 0 N–H and O–H groups in total. The van der Waals surface area contributed by atoms with E-state index < -0.39 is 0 Å². The van der Waals surface area contributed by atoms with Gasteiger partial charge in [-0.1, -0.05) is 42.5 Å². The normalized spacial score (nSPS) is 15.5. The van der Waals surface area contributed by atoms with Crippen molar-refractivity contribution in [1.82, 2.24) is 14.7 Å². The molecule has 1 fully saturated rings. The van der Waals surface area contributed by atoms with Gasteiger partial charge in [-0.05, 0) is 37.1 Å². The number of rotatable bonds is 11. The Labute approximate surface area is 192 Å². The molecule has 0 radical (unpaired) electrons. The molecule has 2 aromatic carbocycles. The molecular formula is C26H37N3O3. The number of carbonyl (C=O) groups is 1. The van der Waals surface area contributed by atoms with Crippen molar-refractivity contribution in [3.05, 3.63) is 65.7 Å². The zero-order valence-corrected chi connectivity index (χ0v) is 19.7. The number of morpholine rings is 1. The molecule has 6 heteroatoms. The molecule has 1 unspecified atom stereocenters. The third kappa shape index (κ3) is 7.62. The molecule has 1 saturated heterocycles. The summed E-state index contributed by atoms with van der Waals surface area (Å²) < 4.78 is 11.0. The number of nitrogens with zero attached hydrogens (tertiary/aromatic N) is 3. The number of hydrogen-bond acceptors (Lipinski definition) is 5. The van der Waals surface area contributed by atoms with Crippen LogP contribution in [0.5, 0.6) is 5.75 Å². The average Bonchev–Trinajstić information content (AvgIpc) is 2.81. The molecule has 3 rings (SSSR count). The van der Waals surface area contributed by atoms with Crippen LogP contribution in [-0.4, -0.2) is 79.7 Å². The van der Waals surface area contributed by atoms with Crippen LogP contribution in [0.3, 0.4) is 0 Å². The summed E-state index contributed by atoms with van der Waals surface area (Å²) in [6.07, 6.45) is 0. The summed E-state index contributed by atoms with van der Waals surface area (Å²) in [5.74, 6) is 0.986. The maximum absolute atomic E-state index is 13.1. The van der Waals surface area contributed by atoms with E-state index in [0.29, 0.717) is 19.7 Å². The lowest BCUT2D eigenvalue weighted by Crippen LogP contribution is -2.48. The molecule has 0 bridgehead atoms. The van der Waals surface area contributed by atoms with Crippen LogP contribution in [0.4, 0.5) is 0 Å². The number of carbonyl (C=O) groups excluding carboxylic acids is 1. The molecule has 0 aromatic heterocycles. The van der Waals surface area contributed by atoms with Crippen LogP contribution >= 0.6 is 0 Å². The Balaban J connectivity index is 1.61. The first-order valence-corrected chi connectivity index (χ1v) is 11.6. The maximum atomic E-state index is 13.1. The van der Waals surface area contributed by atoms with E-state index in [2.05, 4.69) is 41.0 Å². The molecule has 1 amide bonds. The zero-order valence-electron chi connectivity index (χ0n) is 19.7. The second kappa shape index (κ2) is 12.6. The molecule has 1 aliphatic rings. The highest BCUT2D eigenvalue weighted by atomic mass is 16.5. The van der Waals surface area contributed by atoms with E-state index in [4.69, 9.17) is 9.47 Å². The first kappa shape index (κ1) is 24.2. The predicted octanol–water partition coefficient (Wildman–Crippen LogP) is 3.27. The van der Waals surface area contributed by atoms with Gasteiger partial charge in [-0.3, -0.25) is 14.6 Å². The fourth-order valence-corrected chi connectivity index (χ4v) is 3.97. The lowest BCUT2D eigenvalue weighted by Gasteiger charge is -2.35. The van der Waals surface area contributed by atoms with Crippen molar-refractivity contribution in [3.63, 3.8) is 0 Å². The molecule has 174 valence electrons. The van der Waals surface area contributed by atoms with E-state index in [9.17, 15) is 4.79 Å². The van der Waals surface area contributed by atoms with Crippen LogP contribution in [0, 0.1) is 0 Å². The number of likely N-dealkylation sites (N-methyl/N-ethyl adjacent to an activating group) is 1. The van der Waals surface area contributed by atoms with Crippen LogP contribution in [0.1, 0.15) is 25.0 Å². The zero-order chi connectivity index (χ0) is 22.8. The van der Waals surface area contributed by atoms with Gasteiger partial charge in [0.1, 0.15) is 5.75 Å². The van der Waals surface area contributed by atoms with Crippen molar-refractivity contribution in [3.8, 4) is 5.75 Å². The summed E-state index contributed by atoms with van der Waals surface area (Å²) in [4.78, 5) is 19.7. The lowest BCUT2D eigenvalue weighted by molar-refractivity contribution is -0.132. The summed E-state index contributed by atoms with van der Waals surface area (Å²) in [5.41, 5.74) is 2.32. The fraction of sp³-hybridized carbons (Fsp3) is 0.500. The van der Waals surface area contributed by atoms with E-state index in [-0.39, 0.29) is 11.9 Å². The quantitative estimate of drug-likeness (QED) is 0.538. The standard InChI is InChI=1S/C26H37N3O3/c1-4-32-25-12-10-24(11-13-25)19-27(3)26(30)21-29(20-23-8-6-5-7-9-23)22(2)18-28-14-16-31-17-15-28/h5-13,22H,4,14-21H2,1-3H3. The third-order valence-corrected chi connectivity index (χ3v) is 5.90. The van der Waals surface area contributed by atoms with E-state index >= 15 is 0 Å². The minimum absolute atomic E-state index is 0.128. The van der Waals surface area contributed by atoms with Gasteiger partial charge in [-0.15, -0.1) is 0 Å². The van der Waals surface area contributed by atoms with Gasteiger partial charge in [-0.25, -0.2) is 0 Å². The van der Waals surface area contributed by atoms with Gasteiger partial charge in [0.05, 0.1) is 26.4 Å². The number of amides is 1. The van der Waals surface area contributed by atoms with Gasteiger partial charge in [0.25, 0.3) is 0 Å². The minimum Gasteiger partial charge on any atom is -0.494 e. The first-order chi connectivity index (χ1) is 15.5. The molecular weight excluding hydrogens is 402 g/mol. The van der Waals surface area contributed by atoms with E-state index in [1.807, 2.05) is 49.2 Å². The smallest absolute Gasteiger partial charge is 0.236 e. The highest BCUT2D eigenvalue weighted by molar-refractivity contribution is 5.78. The Morgan fingerprint density at radius 1 is 1.03 bits per heavy atom.